The van der Waals surface area contributed by atoms with Gasteiger partial charge in [0.15, 0.2) is 0 Å². The number of halogens is 1. The Labute approximate surface area is 109 Å². The zero-order valence-electron chi connectivity index (χ0n) is 9.96. The average molecular weight is 299 g/mol. The summed E-state index contributed by atoms with van der Waals surface area (Å²) in [4.78, 5) is 11.6. The molecular formula is C13H15BrO3. The number of ether oxygens (including phenoxy) is 2. The monoisotopic (exact) mass is 298 g/mol. The molecular weight excluding hydrogens is 284 g/mol. The molecule has 0 bridgehead atoms. The van der Waals surface area contributed by atoms with Crippen molar-refractivity contribution in [1.82, 2.24) is 0 Å². The average Bonchev–Trinajstić information content (AvgIpc) is 2.38. The molecule has 0 saturated heterocycles. The Morgan fingerprint density at radius 1 is 1.35 bits per heavy atom. The van der Waals surface area contributed by atoms with E-state index in [1.807, 2.05) is 12.1 Å². The molecule has 0 fully saturated rings. The minimum Gasteiger partial charge on any atom is -0.496 e. The molecule has 0 aliphatic heterocycles. The van der Waals surface area contributed by atoms with Crippen LogP contribution >= 0.6 is 15.9 Å². The van der Waals surface area contributed by atoms with E-state index in [0.717, 1.165) is 29.5 Å². The predicted octanol–water partition coefficient (Wildman–Crippen LogP) is 2.74. The van der Waals surface area contributed by atoms with Gasteiger partial charge in [-0.25, -0.2) is 0 Å². The highest BCUT2D eigenvalue weighted by Gasteiger charge is 2.28. The Morgan fingerprint density at radius 2 is 2.12 bits per heavy atom. The quantitative estimate of drug-likeness (QED) is 0.788. The highest BCUT2D eigenvalue weighted by molar-refractivity contribution is 9.10. The van der Waals surface area contributed by atoms with Gasteiger partial charge in [-0.2, -0.15) is 0 Å². The van der Waals surface area contributed by atoms with Crippen molar-refractivity contribution in [3.8, 4) is 5.75 Å². The molecule has 0 spiro atoms. The lowest BCUT2D eigenvalue weighted by Crippen LogP contribution is -2.24. The summed E-state index contributed by atoms with van der Waals surface area (Å²) < 4.78 is 11.2. The van der Waals surface area contributed by atoms with Crippen molar-refractivity contribution in [2.45, 2.75) is 19.3 Å². The lowest BCUT2D eigenvalue weighted by Gasteiger charge is -2.25. The molecule has 1 aromatic rings. The highest BCUT2D eigenvalue weighted by Crippen LogP contribution is 2.36. The fraction of sp³-hybridized carbons (Fsp3) is 0.462. The zero-order chi connectivity index (χ0) is 12.4. The molecule has 2 rings (SSSR count). The molecule has 92 valence electrons. The highest BCUT2D eigenvalue weighted by atomic mass is 79.9. The van der Waals surface area contributed by atoms with E-state index in [2.05, 4.69) is 15.9 Å². The Kier molecular flexibility index (Phi) is 3.72. The molecule has 0 radical (unpaired) electrons. The molecule has 0 N–H and O–H groups in total. The van der Waals surface area contributed by atoms with Gasteiger partial charge in [-0.1, -0.05) is 15.9 Å². The van der Waals surface area contributed by atoms with Crippen molar-refractivity contribution < 1.29 is 14.3 Å². The predicted molar refractivity (Wildman–Crippen MR) is 68.2 cm³/mol. The van der Waals surface area contributed by atoms with Crippen molar-refractivity contribution >= 4 is 21.9 Å². The van der Waals surface area contributed by atoms with Crippen LogP contribution in [0.5, 0.6) is 5.75 Å². The number of benzene rings is 1. The van der Waals surface area contributed by atoms with Gasteiger partial charge >= 0.3 is 5.97 Å². The minimum absolute atomic E-state index is 0.0316. The van der Waals surface area contributed by atoms with Crippen molar-refractivity contribution in [3.05, 3.63) is 27.7 Å². The summed E-state index contributed by atoms with van der Waals surface area (Å²) in [6, 6.07) is 3.93. The van der Waals surface area contributed by atoms with Gasteiger partial charge in [0.25, 0.3) is 0 Å². The molecule has 3 nitrogen and oxygen atoms in total. The summed E-state index contributed by atoms with van der Waals surface area (Å²) in [5.41, 5.74) is 2.38. The maximum atomic E-state index is 11.6. The van der Waals surface area contributed by atoms with Gasteiger partial charge in [-0.05, 0) is 42.5 Å². The summed E-state index contributed by atoms with van der Waals surface area (Å²) in [5.74, 6) is 0.757. The summed E-state index contributed by atoms with van der Waals surface area (Å²) in [6.45, 7) is 0. The maximum absolute atomic E-state index is 11.6. The van der Waals surface area contributed by atoms with Crippen LogP contribution in [0.1, 0.15) is 17.5 Å². The lowest BCUT2D eigenvalue weighted by molar-refractivity contribution is -0.145. The van der Waals surface area contributed by atoms with Crippen LogP contribution in [-0.2, 0) is 22.4 Å². The van der Waals surface area contributed by atoms with E-state index in [4.69, 9.17) is 9.47 Å². The Bertz CT molecular complexity index is 443. The van der Waals surface area contributed by atoms with Gasteiger partial charge in [0.05, 0.1) is 20.1 Å². The van der Waals surface area contributed by atoms with Gasteiger partial charge in [0.1, 0.15) is 5.75 Å². The smallest absolute Gasteiger partial charge is 0.309 e. The molecule has 0 saturated carbocycles. The van der Waals surface area contributed by atoms with E-state index in [1.165, 1.54) is 18.2 Å². The second-order valence-electron chi connectivity index (χ2n) is 4.17. The van der Waals surface area contributed by atoms with Crippen LogP contribution in [0.3, 0.4) is 0 Å². The van der Waals surface area contributed by atoms with E-state index in [-0.39, 0.29) is 11.9 Å². The normalized spacial score (nSPS) is 18.4. The van der Waals surface area contributed by atoms with Gasteiger partial charge in [0.2, 0.25) is 0 Å². The largest absolute Gasteiger partial charge is 0.496 e. The van der Waals surface area contributed by atoms with Crippen molar-refractivity contribution in [3.63, 3.8) is 0 Å². The molecule has 0 aromatic heterocycles. The molecule has 1 atom stereocenters. The number of esters is 1. The van der Waals surface area contributed by atoms with Crippen LogP contribution in [0.25, 0.3) is 0 Å². The third kappa shape index (κ3) is 2.32. The number of hydrogen-bond donors (Lipinski definition) is 0. The fourth-order valence-electron chi connectivity index (χ4n) is 2.36. The first-order chi connectivity index (χ1) is 8.17. The molecule has 17 heavy (non-hydrogen) atoms. The molecule has 0 amide bonds. The minimum atomic E-state index is -0.120. The molecule has 1 aromatic carbocycles. The van der Waals surface area contributed by atoms with E-state index in [1.54, 1.807) is 7.11 Å². The SMILES string of the molecule is COC(=O)C1CCc2c(OC)ccc(Br)c2C1. The summed E-state index contributed by atoms with van der Waals surface area (Å²) >= 11 is 3.54. The Morgan fingerprint density at radius 3 is 2.76 bits per heavy atom. The molecule has 4 heteroatoms. The number of fused-ring (bicyclic) bond motifs is 1. The van der Waals surface area contributed by atoms with Crippen LogP contribution in [0.2, 0.25) is 0 Å². The van der Waals surface area contributed by atoms with E-state index in [9.17, 15) is 4.79 Å². The second-order valence-corrected chi connectivity index (χ2v) is 5.02. The lowest BCUT2D eigenvalue weighted by atomic mass is 9.83. The number of methoxy groups -OCH3 is 2. The van der Waals surface area contributed by atoms with Gasteiger partial charge < -0.3 is 9.47 Å². The molecule has 1 aliphatic carbocycles. The first-order valence-electron chi connectivity index (χ1n) is 5.59. The second kappa shape index (κ2) is 5.08. The first kappa shape index (κ1) is 12.4. The summed E-state index contributed by atoms with van der Waals surface area (Å²) in [5, 5.41) is 0. The van der Waals surface area contributed by atoms with Crippen molar-refractivity contribution in [1.29, 1.82) is 0 Å². The topological polar surface area (TPSA) is 35.5 Å². The number of hydrogen-bond acceptors (Lipinski definition) is 3. The van der Waals surface area contributed by atoms with Crippen molar-refractivity contribution in [2.24, 2.45) is 5.92 Å². The van der Waals surface area contributed by atoms with E-state index in [0.29, 0.717) is 0 Å². The van der Waals surface area contributed by atoms with Crippen LogP contribution in [0.4, 0.5) is 0 Å². The number of carbonyl (C=O) groups is 1. The Balaban J connectivity index is 2.34. The fourth-order valence-corrected chi connectivity index (χ4v) is 2.90. The maximum Gasteiger partial charge on any atom is 0.309 e. The van der Waals surface area contributed by atoms with E-state index < -0.39 is 0 Å². The molecule has 1 unspecified atom stereocenters. The summed E-state index contributed by atoms with van der Waals surface area (Å²) in [7, 11) is 3.12. The molecule has 0 heterocycles. The third-order valence-electron chi connectivity index (χ3n) is 3.28. The Hall–Kier alpha value is -1.03. The third-order valence-corrected chi connectivity index (χ3v) is 4.02. The standard InChI is InChI=1S/C13H15BrO3/c1-16-12-6-5-11(14)10-7-8(13(15)17-2)3-4-9(10)12/h5-6,8H,3-4,7H2,1-2H3. The van der Waals surface area contributed by atoms with Crippen LogP contribution in [0.15, 0.2) is 16.6 Å². The van der Waals surface area contributed by atoms with Gasteiger partial charge in [-0.3, -0.25) is 4.79 Å². The van der Waals surface area contributed by atoms with E-state index >= 15 is 0 Å². The molecule has 1 aliphatic rings. The number of rotatable bonds is 2. The van der Waals surface area contributed by atoms with Gasteiger partial charge in [0, 0.05) is 4.47 Å². The van der Waals surface area contributed by atoms with Gasteiger partial charge in [-0.15, -0.1) is 0 Å². The first-order valence-corrected chi connectivity index (χ1v) is 6.38. The zero-order valence-corrected chi connectivity index (χ0v) is 11.5. The van der Waals surface area contributed by atoms with Crippen LogP contribution < -0.4 is 4.74 Å². The van der Waals surface area contributed by atoms with Crippen molar-refractivity contribution in [2.75, 3.05) is 14.2 Å². The summed E-state index contributed by atoms with van der Waals surface area (Å²) in [6.07, 6.45) is 2.41. The van der Waals surface area contributed by atoms with Crippen LogP contribution in [0, 0.1) is 5.92 Å². The number of carbonyl (C=O) groups excluding carboxylic acids is 1. The van der Waals surface area contributed by atoms with Crippen LogP contribution in [-0.4, -0.2) is 20.2 Å².